The van der Waals surface area contributed by atoms with E-state index >= 15 is 0 Å². The molecule has 1 aromatic rings. The second-order valence-electron chi connectivity index (χ2n) is 7.78. The Labute approximate surface area is 167 Å². The van der Waals surface area contributed by atoms with Crippen molar-refractivity contribution < 1.29 is 24.0 Å². The molecule has 9 heteroatoms. The van der Waals surface area contributed by atoms with Crippen molar-refractivity contribution >= 4 is 29.5 Å². The molecule has 0 radical (unpaired) electrons. The molecule has 1 atom stereocenters. The number of hydrogen-bond donors (Lipinski definition) is 2. The Hall–Kier alpha value is -3.07. The van der Waals surface area contributed by atoms with Crippen LogP contribution in [0.15, 0.2) is 18.2 Å². The van der Waals surface area contributed by atoms with Crippen LogP contribution < -0.4 is 11.1 Å². The van der Waals surface area contributed by atoms with Crippen molar-refractivity contribution in [2.75, 3.05) is 13.1 Å². The van der Waals surface area contributed by atoms with Gasteiger partial charge < -0.3 is 5.73 Å². The summed E-state index contributed by atoms with van der Waals surface area (Å²) >= 11 is 0. The lowest BCUT2D eigenvalue weighted by Crippen LogP contribution is -2.54. The average Bonchev–Trinajstić information content (AvgIpc) is 2.93. The number of rotatable bonds is 4. The Kier molecular flexibility index (Phi) is 4.91. The van der Waals surface area contributed by atoms with Crippen LogP contribution in [-0.2, 0) is 20.9 Å². The van der Waals surface area contributed by atoms with Crippen LogP contribution in [0.2, 0.25) is 0 Å². The fourth-order valence-electron chi connectivity index (χ4n) is 4.25. The minimum Gasteiger partial charge on any atom is -0.369 e. The molecule has 0 saturated carbocycles. The molecule has 0 spiro atoms. The number of carbonyl (C=O) groups is 5. The van der Waals surface area contributed by atoms with Crippen molar-refractivity contribution in [3.63, 3.8) is 0 Å². The number of primary amides is 1. The fourth-order valence-corrected chi connectivity index (χ4v) is 4.25. The summed E-state index contributed by atoms with van der Waals surface area (Å²) in [5.74, 6) is -2.38. The number of amides is 5. The smallest absolute Gasteiger partial charge is 0.262 e. The monoisotopic (exact) mass is 398 g/mol. The highest BCUT2D eigenvalue weighted by molar-refractivity contribution is 6.23. The van der Waals surface area contributed by atoms with E-state index in [0.717, 1.165) is 23.6 Å². The quantitative estimate of drug-likeness (QED) is 0.675. The van der Waals surface area contributed by atoms with Gasteiger partial charge in [0.1, 0.15) is 6.04 Å². The molecular weight excluding hydrogens is 376 g/mol. The van der Waals surface area contributed by atoms with E-state index in [1.54, 1.807) is 18.2 Å². The predicted octanol–water partition coefficient (Wildman–Crippen LogP) is -0.215. The van der Waals surface area contributed by atoms with Crippen LogP contribution in [0.3, 0.4) is 0 Å². The number of fused-ring (bicyclic) bond motifs is 1. The van der Waals surface area contributed by atoms with Gasteiger partial charge in [-0.25, -0.2) is 0 Å². The van der Waals surface area contributed by atoms with Crippen molar-refractivity contribution in [3.8, 4) is 0 Å². The second-order valence-corrected chi connectivity index (χ2v) is 7.78. The van der Waals surface area contributed by atoms with Gasteiger partial charge in [0.05, 0.1) is 11.1 Å². The molecule has 5 amide bonds. The van der Waals surface area contributed by atoms with Gasteiger partial charge >= 0.3 is 0 Å². The lowest BCUT2D eigenvalue weighted by Gasteiger charge is -2.30. The van der Waals surface area contributed by atoms with Crippen LogP contribution >= 0.6 is 0 Å². The first-order chi connectivity index (χ1) is 13.8. The largest absolute Gasteiger partial charge is 0.369 e. The maximum atomic E-state index is 12.9. The first-order valence-corrected chi connectivity index (χ1v) is 9.71. The first-order valence-electron chi connectivity index (χ1n) is 9.71. The molecule has 0 bridgehead atoms. The number of nitrogens with one attached hydrogen (secondary N) is 1. The van der Waals surface area contributed by atoms with E-state index in [1.165, 1.54) is 0 Å². The SMILES string of the molecule is NC(=O)C1CCN(Cc2ccc3c(c2)C(=O)N(C2CCC(=O)NC2=O)C3=O)CC1. The molecule has 4 rings (SSSR count). The van der Waals surface area contributed by atoms with Gasteiger partial charge in [-0.15, -0.1) is 0 Å². The van der Waals surface area contributed by atoms with E-state index in [2.05, 4.69) is 10.2 Å². The van der Waals surface area contributed by atoms with Crippen molar-refractivity contribution in [2.24, 2.45) is 11.7 Å². The fraction of sp³-hybridized carbons (Fsp3) is 0.450. The summed E-state index contributed by atoms with van der Waals surface area (Å²) in [7, 11) is 0. The van der Waals surface area contributed by atoms with Crippen molar-refractivity contribution in [2.45, 2.75) is 38.3 Å². The highest BCUT2D eigenvalue weighted by Crippen LogP contribution is 2.29. The third kappa shape index (κ3) is 3.53. The van der Waals surface area contributed by atoms with E-state index in [9.17, 15) is 24.0 Å². The summed E-state index contributed by atoms with van der Waals surface area (Å²) in [6, 6.07) is 4.16. The Balaban J connectivity index is 1.48. The number of nitrogens with two attached hydrogens (primary N) is 1. The minimum absolute atomic E-state index is 0.0902. The third-order valence-electron chi connectivity index (χ3n) is 5.90. The van der Waals surface area contributed by atoms with Gasteiger partial charge in [-0.3, -0.25) is 39.1 Å². The third-order valence-corrected chi connectivity index (χ3v) is 5.90. The molecule has 9 nitrogen and oxygen atoms in total. The summed E-state index contributed by atoms with van der Waals surface area (Å²) in [6.45, 7) is 2.07. The van der Waals surface area contributed by atoms with Crippen LogP contribution in [0.4, 0.5) is 0 Å². The van der Waals surface area contributed by atoms with Gasteiger partial charge in [-0.1, -0.05) is 6.07 Å². The van der Waals surface area contributed by atoms with E-state index in [0.29, 0.717) is 19.4 Å². The molecule has 3 aliphatic heterocycles. The highest BCUT2D eigenvalue weighted by atomic mass is 16.2. The maximum absolute atomic E-state index is 12.9. The predicted molar refractivity (Wildman–Crippen MR) is 100 cm³/mol. The average molecular weight is 398 g/mol. The summed E-state index contributed by atoms with van der Waals surface area (Å²) in [5.41, 5.74) is 6.81. The Morgan fingerprint density at radius 1 is 1.03 bits per heavy atom. The van der Waals surface area contributed by atoms with Crippen LogP contribution in [0.5, 0.6) is 0 Å². The lowest BCUT2D eigenvalue weighted by molar-refractivity contribution is -0.136. The van der Waals surface area contributed by atoms with Crippen LogP contribution in [-0.4, -0.2) is 58.5 Å². The maximum Gasteiger partial charge on any atom is 0.262 e. The number of carbonyl (C=O) groups excluding carboxylic acids is 5. The van der Waals surface area contributed by atoms with Gasteiger partial charge in [0.25, 0.3) is 11.8 Å². The molecule has 1 aromatic carbocycles. The van der Waals surface area contributed by atoms with E-state index in [-0.39, 0.29) is 35.8 Å². The Morgan fingerprint density at radius 2 is 1.72 bits per heavy atom. The van der Waals surface area contributed by atoms with Gasteiger partial charge in [0.2, 0.25) is 17.7 Å². The molecule has 152 valence electrons. The van der Waals surface area contributed by atoms with Gasteiger partial charge in [0, 0.05) is 18.9 Å². The molecule has 0 aliphatic carbocycles. The molecule has 2 saturated heterocycles. The molecule has 0 aromatic heterocycles. The molecular formula is C20H22N4O5. The van der Waals surface area contributed by atoms with E-state index < -0.39 is 29.7 Å². The van der Waals surface area contributed by atoms with Crippen molar-refractivity contribution in [1.29, 1.82) is 0 Å². The van der Waals surface area contributed by atoms with Gasteiger partial charge in [-0.05, 0) is 50.0 Å². The van der Waals surface area contributed by atoms with Gasteiger partial charge in [-0.2, -0.15) is 0 Å². The topological polar surface area (TPSA) is 130 Å². The lowest BCUT2D eigenvalue weighted by atomic mass is 9.96. The number of piperidine rings is 2. The van der Waals surface area contributed by atoms with E-state index in [1.807, 2.05) is 0 Å². The van der Waals surface area contributed by atoms with Crippen molar-refractivity contribution in [3.05, 3.63) is 34.9 Å². The molecule has 29 heavy (non-hydrogen) atoms. The molecule has 2 fully saturated rings. The van der Waals surface area contributed by atoms with E-state index in [4.69, 9.17) is 5.73 Å². The van der Waals surface area contributed by atoms with Crippen molar-refractivity contribution in [1.82, 2.24) is 15.1 Å². The zero-order chi connectivity index (χ0) is 20.7. The molecule has 1 unspecified atom stereocenters. The number of benzene rings is 1. The van der Waals surface area contributed by atoms with Crippen LogP contribution in [0.1, 0.15) is 52.0 Å². The first kappa shape index (κ1) is 19.3. The normalized spacial score (nSPS) is 23.3. The Morgan fingerprint density at radius 3 is 2.38 bits per heavy atom. The zero-order valence-corrected chi connectivity index (χ0v) is 15.8. The molecule has 3 N–H and O–H groups in total. The number of likely N-dealkylation sites (tertiary alicyclic amines) is 1. The zero-order valence-electron chi connectivity index (χ0n) is 15.8. The molecule has 3 aliphatic rings. The number of imide groups is 2. The number of hydrogen-bond acceptors (Lipinski definition) is 6. The summed E-state index contributed by atoms with van der Waals surface area (Å²) in [4.78, 5) is 63.5. The summed E-state index contributed by atoms with van der Waals surface area (Å²) in [6.07, 6.45) is 1.65. The van der Waals surface area contributed by atoms with Crippen LogP contribution in [0.25, 0.3) is 0 Å². The highest BCUT2D eigenvalue weighted by Gasteiger charge is 2.44. The Bertz CT molecular complexity index is 919. The minimum atomic E-state index is -0.962. The van der Waals surface area contributed by atoms with Gasteiger partial charge in [0.15, 0.2) is 0 Å². The number of nitrogens with zero attached hydrogens (tertiary/aromatic N) is 2. The van der Waals surface area contributed by atoms with Crippen LogP contribution in [0, 0.1) is 5.92 Å². The standard InChI is InChI=1S/C20H22N4O5/c21-17(26)12-5-7-23(8-6-12)10-11-1-2-13-14(9-11)20(29)24(19(13)28)15-3-4-16(25)22-18(15)27/h1-2,9,12,15H,3-8,10H2,(H2,21,26)(H,22,25,27). The summed E-state index contributed by atoms with van der Waals surface area (Å²) < 4.78 is 0. The molecule has 3 heterocycles. The summed E-state index contributed by atoms with van der Waals surface area (Å²) in [5, 5.41) is 2.19. The second kappa shape index (κ2) is 7.40.